The van der Waals surface area contributed by atoms with Crippen LogP contribution in [0, 0.1) is 5.92 Å². The van der Waals surface area contributed by atoms with Crippen molar-refractivity contribution >= 4 is 11.6 Å². The first-order chi connectivity index (χ1) is 13.7. The van der Waals surface area contributed by atoms with Crippen molar-refractivity contribution in [1.82, 2.24) is 9.88 Å². The third-order valence-corrected chi connectivity index (χ3v) is 5.34. The van der Waals surface area contributed by atoms with Gasteiger partial charge in [0.15, 0.2) is 11.5 Å². The van der Waals surface area contributed by atoms with Crippen molar-refractivity contribution < 1.29 is 14.3 Å². The fourth-order valence-corrected chi connectivity index (χ4v) is 3.85. The maximum atomic E-state index is 12.0. The SMILES string of the molecule is NC(=O)[C@H](Cc1cccnc1)CN1CCN(c2cccc3c2OCCO3)CC1. The molecule has 0 saturated carbocycles. The van der Waals surface area contributed by atoms with Crippen molar-refractivity contribution in [1.29, 1.82) is 0 Å². The van der Waals surface area contributed by atoms with Crippen molar-refractivity contribution in [3.05, 3.63) is 48.3 Å². The topological polar surface area (TPSA) is 80.9 Å². The molecule has 4 rings (SSSR count). The number of para-hydroxylation sites is 1. The van der Waals surface area contributed by atoms with Crippen LogP contribution in [0.5, 0.6) is 11.5 Å². The molecule has 2 aliphatic heterocycles. The van der Waals surface area contributed by atoms with Crippen LogP contribution < -0.4 is 20.1 Å². The van der Waals surface area contributed by atoms with Gasteiger partial charge in [0, 0.05) is 45.1 Å². The molecule has 1 aromatic carbocycles. The number of carbonyl (C=O) groups excluding carboxylic acids is 1. The van der Waals surface area contributed by atoms with Gasteiger partial charge in [-0.2, -0.15) is 0 Å². The zero-order chi connectivity index (χ0) is 19.3. The van der Waals surface area contributed by atoms with Crippen LogP contribution in [0.25, 0.3) is 0 Å². The Labute approximate surface area is 165 Å². The van der Waals surface area contributed by atoms with E-state index in [1.807, 2.05) is 24.3 Å². The summed E-state index contributed by atoms with van der Waals surface area (Å²) in [6, 6.07) is 9.91. The molecular weight excluding hydrogens is 356 g/mol. The summed E-state index contributed by atoms with van der Waals surface area (Å²) in [5, 5.41) is 0. The number of piperazine rings is 1. The van der Waals surface area contributed by atoms with Crippen LogP contribution in [-0.4, -0.2) is 61.7 Å². The molecule has 7 nitrogen and oxygen atoms in total. The zero-order valence-electron chi connectivity index (χ0n) is 15.9. The van der Waals surface area contributed by atoms with Crippen LogP contribution >= 0.6 is 0 Å². The minimum absolute atomic E-state index is 0.211. The van der Waals surface area contributed by atoms with E-state index in [1.165, 1.54) is 0 Å². The van der Waals surface area contributed by atoms with Gasteiger partial charge in [0.2, 0.25) is 5.91 Å². The van der Waals surface area contributed by atoms with Crippen molar-refractivity contribution in [2.45, 2.75) is 6.42 Å². The third kappa shape index (κ3) is 4.20. The molecule has 3 heterocycles. The second kappa shape index (κ2) is 8.48. The standard InChI is InChI=1S/C21H26N4O3/c22-21(26)17(13-16-3-2-6-23-14-16)15-24-7-9-25(10-8-24)18-4-1-5-19-20(18)28-12-11-27-19/h1-6,14,17H,7-13,15H2,(H2,22,26)/t17-/m1/s1. The van der Waals surface area contributed by atoms with E-state index in [1.54, 1.807) is 12.4 Å². The lowest BCUT2D eigenvalue weighted by Crippen LogP contribution is -2.49. The number of hydrogen-bond acceptors (Lipinski definition) is 6. The third-order valence-electron chi connectivity index (χ3n) is 5.34. The van der Waals surface area contributed by atoms with Crippen LogP contribution in [-0.2, 0) is 11.2 Å². The Kier molecular flexibility index (Phi) is 5.62. The summed E-state index contributed by atoms with van der Waals surface area (Å²) < 4.78 is 11.5. The lowest BCUT2D eigenvalue weighted by Gasteiger charge is -2.38. The molecular formula is C21H26N4O3. The van der Waals surface area contributed by atoms with Gasteiger partial charge in [-0.3, -0.25) is 14.7 Å². The molecule has 148 valence electrons. The second-order valence-corrected chi connectivity index (χ2v) is 7.25. The van der Waals surface area contributed by atoms with Crippen LogP contribution in [0.3, 0.4) is 0 Å². The van der Waals surface area contributed by atoms with Gasteiger partial charge in [0.25, 0.3) is 0 Å². The maximum Gasteiger partial charge on any atom is 0.222 e. The number of ether oxygens (including phenoxy) is 2. The number of nitrogens with zero attached hydrogens (tertiary/aromatic N) is 3. The molecule has 1 saturated heterocycles. The van der Waals surface area contributed by atoms with Crippen LogP contribution in [0.4, 0.5) is 5.69 Å². The summed E-state index contributed by atoms with van der Waals surface area (Å²) in [6.07, 6.45) is 4.16. The number of carbonyl (C=O) groups is 1. The molecule has 1 aromatic heterocycles. The maximum absolute atomic E-state index is 12.0. The Balaban J connectivity index is 1.37. The van der Waals surface area contributed by atoms with Gasteiger partial charge in [0.05, 0.1) is 11.6 Å². The number of hydrogen-bond donors (Lipinski definition) is 1. The number of primary amides is 1. The number of anilines is 1. The number of nitrogens with two attached hydrogens (primary N) is 1. The number of rotatable bonds is 6. The Hall–Kier alpha value is -2.80. The molecule has 1 atom stereocenters. The van der Waals surface area contributed by atoms with E-state index >= 15 is 0 Å². The van der Waals surface area contributed by atoms with Crippen molar-refractivity contribution in [3.8, 4) is 11.5 Å². The number of pyridine rings is 1. The summed E-state index contributed by atoms with van der Waals surface area (Å²) in [7, 11) is 0. The van der Waals surface area contributed by atoms with Gasteiger partial charge in [-0.15, -0.1) is 0 Å². The van der Waals surface area contributed by atoms with Gasteiger partial charge in [-0.25, -0.2) is 0 Å². The number of amides is 1. The highest BCUT2D eigenvalue weighted by molar-refractivity contribution is 5.77. The fourth-order valence-electron chi connectivity index (χ4n) is 3.85. The highest BCUT2D eigenvalue weighted by Gasteiger charge is 2.26. The average molecular weight is 382 g/mol. The molecule has 0 aliphatic carbocycles. The summed E-state index contributed by atoms with van der Waals surface area (Å²) in [4.78, 5) is 20.7. The monoisotopic (exact) mass is 382 g/mol. The average Bonchev–Trinajstić information content (AvgIpc) is 2.74. The van der Waals surface area contributed by atoms with Crippen molar-refractivity contribution in [3.63, 3.8) is 0 Å². The molecule has 1 fully saturated rings. The molecule has 2 aliphatic rings. The zero-order valence-corrected chi connectivity index (χ0v) is 15.9. The Morgan fingerprint density at radius 3 is 2.68 bits per heavy atom. The molecule has 28 heavy (non-hydrogen) atoms. The normalized spacial score (nSPS) is 17.9. The van der Waals surface area contributed by atoms with Crippen LogP contribution in [0.1, 0.15) is 5.56 Å². The van der Waals surface area contributed by atoms with E-state index in [-0.39, 0.29) is 11.8 Å². The summed E-state index contributed by atoms with van der Waals surface area (Å²) >= 11 is 0. The smallest absolute Gasteiger partial charge is 0.222 e. The Morgan fingerprint density at radius 2 is 1.93 bits per heavy atom. The molecule has 2 N–H and O–H groups in total. The predicted octanol–water partition coefficient (Wildman–Crippen LogP) is 1.32. The quantitative estimate of drug-likeness (QED) is 0.812. The highest BCUT2D eigenvalue weighted by Crippen LogP contribution is 2.39. The van der Waals surface area contributed by atoms with Gasteiger partial charge in [0.1, 0.15) is 13.2 Å². The summed E-state index contributed by atoms with van der Waals surface area (Å²) in [5.74, 6) is 1.19. The van der Waals surface area contributed by atoms with Crippen LogP contribution in [0.2, 0.25) is 0 Å². The lowest BCUT2D eigenvalue weighted by atomic mass is 9.99. The first kappa shape index (κ1) is 18.6. The Bertz CT molecular complexity index is 807. The molecule has 0 unspecified atom stereocenters. The van der Waals surface area contributed by atoms with Gasteiger partial charge in [-0.1, -0.05) is 12.1 Å². The van der Waals surface area contributed by atoms with Gasteiger partial charge in [-0.05, 0) is 30.2 Å². The first-order valence-electron chi connectivity index (χ1n) is 9.75. The molecule has 7 heteroatoms. The minimum atomic E-state index is -0.256. The van der Waals surface area contributed by atoms with E-state index < -0.39 is 0 Å². The molecule has 0 spiro atoms. The van der Waals surface area contributed by atoms with Crippen molar-refractivity contribution in [2.75, 3.05) is 50.8 Å². The molecule has 0 bridgehead atoms. The van der Waals surface area contributed by atoms with Crippen LogP contribution in [0.15, 0.2) is 42.7 Å². The summed E-state index contributed by atoms with van der Waals surface area (Å²) in [5.41, 5.74) is 7.79. The van der Waals surface area contributed by atoms with E-state index in [9.17, 15) is 4.79 Å². The van der Waals surface area contributed by atoms with E-state index in [2.05, 4.69) is 20.9 Å². The largest absolute Gasteiger partial charge is 0.486 e. The van der Waals surface area contributed by atoms with Crippen molar-refractivity contribution in [2.24, 2.45) is 11.7 Å². The molecule has 1 amide bonds. The van der Waals surface area contributed by atoms with Gasteiger partial charge >= 0.3 is 0 Å². The highest BCUT2D eigenvalue weighted by atomic mass is 16.6. The Morgan fingerprint density at radius 1 is 1.11 bits per heavy atom. The number of fused-ring (bicyclic) bond motifs is 1. The first-order valence-corrected chi connectivity index (χ1v) is 9.75. The number of aromatic nitrogens is 1. The second-order valence-electron chi connectivity index (χ2n) is 7.25. The van der Waals surface area contributed by atoms with E-state index in [4.69, 9.17) is 15.2 Å². The summed E-state index contributed by atoms with van der Waals surface area (Å²) in [6.45, 7) is 5.35. The molecule has 2 aromatic rings. The fraction of sp³-hybridized carbons (Fsp3) is 0.429. The number of benzene rings is 1. The molecule has 0 radical (unpaired) electrons. The van der Waals surface area contributed by atoms with Gasteiger partial charge < -0.3 is 20.1 Å². The lowest BCUT2D eigenvalue weighted by molar-refractivity contribution is -0.122. The van der Waals surface area contributed by atoms with E-state index in [0.717, 1.165) is 48.9 Å². The van der Waals surface area contributed by atoms with E-state index in [0.29, 0.717) is 26.2 Å². The predicted molar refractivity (Wildman–Crippen MR) is 107 cm³/mol. The minimum Gasteiger partial charge on any atom is -0.486 e.